The van der Waals surface area contributed by atoms with Gasteiger partial charge in [-0.3, -0.25) is 0 Å². The first-order valence-corrected chi connectivity index (χ1v) is 19.7. The first-order chi connectivity index (χ1) is 25.1. The third-order valence-electron chi connectivity index (χ3n) is 10.9. The lowest BCUT2D eigenvalue weighted by Crippen LogP contribution is -2.74. The summed E-state index contributed by atoms with van der Waals surface area (Å²) in [5.41, 5.74) is 12.7. The molecule has 0 saturated heterocycles. The molecule has 0 unspecified atom stereocenters. The zero-order valence-electron chi connectivity index (χ0n) is 28.7. The highest BCUT2D eigenvalue weighted by Gasteiger charge is 2.58. The van der Waals surface area contributed by atoms with Crippen molar-refractivity contribution in [3.63, 3.8) is 0 Å². The molecule has 8 aromatic carbocycles. The Bertz CT molecular complexity index is 2490. The average Bonchev–Trinajstić information content (AvgIpc) is 3.70. The van der Waals surface area contributed by atoms with E-state index in [2.05, 4.69) is 205 Å². The summed E-state index contributed by atoms with van der Waals surface area (Å²) in [6.45, 7) is 4.48. The van der Waals surface area contributed by atoms with Crippen LogP contribution in [0, 0.1) is 13.8 Å². The number of hydrogen-bond acceptors (Lipinski definition) is 2. The molecule has 2 heterocycles. The van der Waals surface area contributed by atoms with E-state index in [0.717, 1.165) is 0 Å². The number of fused-ring (bicyclic) bond motifs is 7. The summed E-state index contributed by atoms with van der Waals surface area (Å²) >= 11 is 0. The molecule has 2 aliphatic heterocycles. The quantitative estimate of drug-likeness (QED) is 0.172. The molecule has 0 saturated carbocycles. The van der Waals surface area contributed by atoms with Crippen molar-refractivity contribution < 1.29 is 0 Å². The molecule has 0 fully saturated rings. The molecule has 0 atom stereocenters. The van der Waals surface area contributed by atoms with E-state index in [1.165, 1.54) is 87.8 Å². The van der Waals surface area contributed by atoms with Crippen molar-refractivity contribution in [2.75, 3.05) is 9.13 Å². The summed E-state index contributed by atoms with van der Waals surface area (Å²) in [7, 11) is -2.99. The predicted molar refractivity (Wildman–Crippen MR) is 219 cm³/mol. The summed E-state index contributed by atoms with van der Waals surface area (Å²) in [4.78, 5) is 0. The fraction of sp³-hybridized carbons (Fsp3) is 0.0417. The largest absolute Gasteiger partial charge is 0.348 e. The lowest BCUT2D eigenvalue weighted by Gasteiger charge is -2.43. The van der Waals surface area contributed by atoms with Crippen LogP contribution in [0.5, 0.6) is 0 Å². The summed E-state index contributed by atoms with van der Waals surface area (Å²) in [6.07, 6.45) is 4.75. The van der Waals surface area contributed by atoms with Crippen molar-refractivity contribution in [1.29, 1.82) is 0 Å². The summed E-state index contributed by atoms with van der Waals surface area (Å²) in [5.74, 6) is 0. The molecule has 10 rings (SSSR count). The molecule has 1 spiro atoms. The maximum atomic E-state index is 2.69. The van der Waals surface area contributed by atoms with Crippen molar-refractivity contribution in [3.8, 4) is 33.4 Å². The normalized spacial score (nSPS) is 14.1. The second-order valence-corrected chi connectivity index (χ2v) is 17.3. The SMILES string of the molecule is Cc1ccc2c(c1)[Si]1(c3cc(C)ccc3-2)N(c2ccc(-c3ccccc3)c3ccccc23)C=CN1c1ccc(-c2ccccc2)c2ccccc12. The molecule has 0 radical (unpaired) electrons. The fourth-order valence-corrected chi connectivity index (χ4v) is 14.0. The van der Waals surface area contributed by atoms with E-state index >= 15 is 0 Å². The summed E-state index contributed by atoms with van der Waals surface area (Å²) in [5, 5.41) is 7.92. The van der Waals surface area contributed by atoms with E-state index in [1.54, 1.807) is 0 Å². The van der Waals surface area contributed by atoms with E-state index in [-0.39, 0.29) is 0 Å². The van der Waals surface area contributed by atoms with Crippen molar-refractivity contribution in [1.82, 2.24) is 0 Å². The molecular formula is C48H36N2Si. The number of rotatable bonds is 4. The molecule has 242 valence electrons. The topological polar surface area (TPSA) is 6.48 Å². The summed E-state index contributed by atoms with van der Waals surface area (Å²) in [6, 6.07) is 63.1. The molecule has 2 aliphatic rings. The van der Waals surface area contributed by atoms with Gasteiger partial charge in [0.2, 0.25) is 0 Å². The van der Waals surface area contributed by atoms with Crippen LogP contribution in [0.2, 0.25) is 0 Å². The van der Waals surface area contributed by atoms with Gasteiger partial charge in [-0.2, -0.15) is 0 Å². The molecule has 3 heteroatoms. The van der Waals surface area contributed by atoms with Crippen molar-refractivity contribution in [2.24, 2.45) is 0 Å². The first kappa shape index (κ1) is 29.7. The fourth-order valence-electron chi connectivity index (χ4n) is 8.73. The van der Waals surface area contributed by atoms with Gasteiger partial charge >= 0.3 is 8.40 Å². The van der Waals surface area contributed by atoms with Gasteiger partial charge in [-0.25, -0.2) is 0 Å². The van der Waals surface area contributed by atoms with Crippen LogP contribution in [0.1, 0.15) is 11.1 Å². The van der Waals surface area contributed by atoms with Crippen LogP contribution in [0.15, 0.2) is 182 Å². The van der Waals surface area contributed by atoms with Crippen LogP contribution in [-0.4, -0.2) is 8.40 Å². The third-order valence-corrected chi connectivity index (χ3v) is 15.4. The Hall–Kier alpha value is -6.16. The Balaban J connectivity index is 1.28. The second-order valence-electron chi connectivity index (χ2n) is 13.9. The average molecular weight is 669 g/mol. The maximum Gasteiger partial charge on any atom is 0.340 e. The van der Waals surface area contributed by atoms with Crippen LogP contribution >= 0.6 is 0 Å². The third kappa shape index (κ3) is 4.35. The van der Waals surface area contributed by atoms with Gasteiger partial charge < -0.3 is 9.13 Å². The molecule has 8 aromatic rings. The maximum absolute atomic E-state index is 2.99. The molecular weight excluding hydrogens is 633 g/mol. The molecule has 0 N–H and O–H groups in total. The molecule has 0 bridgehead atoms. The standard InChI is InChI=1S/C48H36N2Si/c1-33-21-23-43-44-24-22-34(2)32-48(44)51(47(43)31-33)49(45-27-25-37(35-13-5-3-6-14-35)39-17-9-11-19-41(39)45)29-30-50(51)46-28-26-38(36-15-7-4-8-16-36)40-18-10-12-20-42(40)46/h3-32H,1-2H3. The number of aryl methyl sites for hydroxylation is 2. The van der Waals surface area contributed by atoms with Crippen LogP contribution in [0.3, 0.4) is 0 Å². The number of anilines is 2. The molecule has 0 aromatic heterocycles. The number of hydrogen-bond donors (Lipinski definition) is 0. The summed E-state index contributed by atoms with van der Waals surface area (Å²) < 4.78 is 5.38. The molecule has 0 aliphatic carbocycles. The highest BCUT2D eigenvalue weighted by molar-refractivity contribution is 7.11. The Kier molecular flexibility index (Phi) is 6.67. The van der Waals surface area contributed by atoms with Gasteiger partial charge in [0.15, 0.2) is 0 Å². The van der Waals surface area contributed by atoms with Gasteiger partial charge in [-0.05, 0) is 80.5 Å². The molecule has 2 nitrogen and oxygen atoms in total. The number of nitrogens with zero attached hydrogens (tertiary/aromatic N) is 2. The Morgan fingerprint density at radius 2 is 0.725 bits per heavy atom. The minimum absolute atomic E-state index is 1.23. The van der Waals surface area contributed by atoms with Gasteiger partial charge in [0.25, 0.3) is 0 Å². The number of benzene rings is 8. The van der Waals surface area contributed by atoms with E-state index in [4.69, 9.17) is 0 Å². The minimum Gasteiger partial charge on any atom is -0.348 e. The Morgan fingerprint density at radius 1 is 0.353 bits per heavy atom. The van der Waals surface area contributed by atoms with Crippen molar-refractivity contribution >= 4 is 51.7 Å². The Labute approximate surface area is 300 Å². The zero-order chi connectivity index (χ0) is 34.1. The second kappa shape index (κ2) is 11.4. The molecule has 0 amide bonds. The van der Waals surface area contributed by atoms with Crippen LogP contribution in [0.4, 0.5) is 11.4 Å². The van der Waals surface area contributed by atoms with Crippen LogP contribution in [0.25, 0.3) is 54.9 Å². The monoisotopic (exact) mass is 668 g/mol. The zero-order valence-corrected chi connectivity index (χ0v) is 29.7. The highest BCUT2D eigenvalue weighted by Crippen LogP contribution is 2.46. The van der Waals surface area contributed by atoms with E-state index in [9.17, 15) is 0 Å². The lowest BCUT2D eigenvalue weighted by atomic mass is 9.97. The van der Waals surface area contributed by atoms with Gasteiger partial charge in [0.05, 0.1) is 0 Å². The predicted octanol–water partition coefficient (Wildman–Crippen LogP) is 11.0. The van der Waals surface area contributed by atoms with Crippen LogP contribution in [-0.2, 0) is 0 Å². The van der Waals surface area contributed by atoms with E-state index in [0.29, 0.717) is 0 Å². The molecule has 51 heavy (non-hydrogen) atoms. The van der Waals surface area contributed by atoms with Crippen molar-refractivity contribution in [3.05, 3.63) is 193 Å². The van der Waals surface area contributed by atoms with Gasteiger partial charge in [0.1, 0.15) is 0 Å². The van der Waals surface area contributed by atoms with Gasteiger partial charge in [0, 0.05) is 34.5 Å². The van der Waals surface area contributed by atoms with E-state index < -0.39 is 8.40 Å². The van der Waals surface area contributed by atoms with Crippen molar-refractivity contribution in [2.45, 2.75) is 13.8 Å². The Morgan fingerprint density at radius 3 is 1.16 bits per heavy atom. The van der Waals surface area contributed by atoms with E-state index in [1.807, 2.05) is 0 Å². The van der Waals surface area contributed by atoms with Gasteiger partial charge in [-0.15, -0.1) is 0 Å². The lowest BCUT2D eigenvalue weighted by molar-refractivity contribution is 1.36. The minimum atomic E-state index is -2.99. The first-order valence-electron chi connectivity index (χ1n) is 17.8. The van der Waals surface area contributed by atoms with Gasteiger partial charge in [-0.1, -0.05) is 169 Å². The van der Waals surface area contributed by atoms with Crippen LogP contribution < -0.4 is 19.5 Å². The highest BCUT2D eigenvalue weighted by atomic mass is 28.3. The smallest absolute Gasteiger partial charge is 0.340 e.